The topological polar surface area (TPSA) is 51.8 Å². The normalized spacial score (nSPS) is 12.7. The third kappa shape index (κ3) is 3.74. The predicted octanol–water partition coefficient (Wildman–Crippen LogP) is 1.57. The molecule has 0 aliphatic rings. The zero-order chi connectivity index (χ0) is 10.7. The Morgan fingerprint density at radius 1 is 1.13 bits per heavy atom. The van der Waals surface area contributed by atoms with Crippen molar-refractivity contribution in [3.63, 3.8) is 0 Å². The van der Waals surface area contributed by atoms with Gasteiger partial charge in [-0.3, -0.25) is 0 Å². The van der Waals surface area contributed by atoms with Crippen molar-refractivity contribution in [2.45, 2.75) is 24.7 Å². The Balaban J connectivity index is 0.00000196. The summed E-state index contributed by atoms with van der Waals surface area (Å²) in [6, 6.07) is 7.96. The summed E-state index contributed by atoms with van der Waals surface area (Å²) in [4.78, 5) is 0.861. The molecule has 15 heavy (non-hydrogen) atoms. The summed E-state index contributed by atoms with van der Waals surface area (Å²) >= 11 is 0. The van der Waals surface area contributed by atoms with Crippen molar-refractivity contribution in [3.8, 4) is 0 Å². The van der Waals surface area contributed by atoms with Crippen molar-refractivity contribution in [2.75, 3.05) is 14.1 Å². The summed E-state index contributed by atoms with van der Waals surface area (Å²) in [6.45, 7) is 4.30. The Labute approximate surface area is 94.0 Å². The van der Waals surface area contributed by atoms with Gasteiger partial charge in [0.1, 0.15) is 11.0 Å². The molecule has 0 radical (unpaired) electrons. The van der Waals surface area contributed by atoms with Crippen LogP contribution in [0.3, 0.4) is 0 Å². The molecule has 0 bridgehead atoms. The van der Waals surface area contributed by atoms with E-state index in [0.717, 1.165) is 4.90 Å². The molecule has 0 spiro atoms. The van der Waals surface area contributed by atoms with Gasteiger partial charge >= 0.3 is 0 Å². The Bertz CT molecular complexity index is 320. The first-order chi connectivity index (χ1) is 6.52. The van der Waals surface area contributed by atoms with Crippen molar-refractivity contribution in [1.82, 2.24) is 4.31 Å². The van der Waals surface area contributed by atoms with Crippen molar-refractivity contribution >= 4 is 11.0 Å². The number of hydrogen-bond donors (Lipinski definition) is 0. The fourth-order valence-electron chi connectivity index (χ4n) is 1.18. The first kappa shape index (κ1) is 14.3. The van der Waals surface area contributed by atoms with Crippen LogP contribution >= 0.6 is 0 Å². The number of hydrogen-bond acceptors (Lipinski definition) is 1. The van der Waals surface area contributed by atoms with Gasteiger partial charge in [0, 0.05) is 0 Å². The molecule has 0 aromatic heterocycles. The van der Waals surface area contributed by atoms with Crippen LogP contribution in [0.4, 0.5) is 0 Å². The Kier molecular flexibility index (Phi) is 5.72. The smallest absolute Gasteiger partial charge is 0.127 e. The van der Waals surface area contributed by atoms with E-state index >= 15 is 0 Å². The maximum absolute atomic E-state index is 11.7. The van der Waals surface area contributed by atoms with Crippen LogP contribution in [-0.2, 0) is 11.0 Å². The van der Waals surface area contributed by atoms with Gasteiger partial charge in [-0.2, -0.15) is 0 Å². The van der Waals surface area contributed by atoms with Crippen LogP contribution in [0, 0.1) is 0 Å². The lowest BCUT2D eigenvalue weighted by atomic mass is 10.0. The molecule has 1 atom stereocenters. The molecule has 0 aliphatic heterocycles. The first-order valence-electron chi connectivity index (χ1n) is 4.71. The van der Waals surface area contributed by atoms with Crippen LogP contribution in [0.5, 0.6) is 0 Å². The highest BCUT2D eigenvalue weighted by Gasteiger charge is 2.06. The molecule has 0 amide bonds. The Morgan fingerprint density at radius 2 is 1.60 bits per heavy atom. The second-order valence-corrected chi connectivity index (χ2v) is 5.49. The largest absolute Gasteiger partial charge is 0.412 e. The SMILES string of the molecule is CC(C)c1ccc(S(=O)N(C)C)cc1.O. The van der Waals surface area contributed by atoms with E-state index in [1.807, 2.05) is 38.4 Å². The van der Waals surface area contributed by atoms with Crippen LogP contribution < -0.4 is 0 Å². The molecule has 1 aromatic carbocycles. The molecule has 0 aliphatic carbocycles. The average molecular weight is 229 g/mol. The van der Waals surface area contributed by atoms with Gasteiger partial charge < -0.3 is 5.48 Å². The molecule has 0 saturated heterocycles. The summed E-state index contributed by atoms with van der Waals surface area (Å²) in [5.74, 6) is 0.525. The lowest BCUT2D eigenvalue weighted by Gasteiger charge is -2.10. The minimum absolute atomic E-state index is 0. The molecular formula is C11H19NO2S. The molecular weight excluding hydrogens is 210 g/mol. The van der Waals surface area contributed by atoms with Gasteiger partial charge in [0.05, 0.1) is 4.90 Å². The molecule has 0 saturated carbocycles. The summed E-state index contributed by atoms with van der Waals surface area (Å²) < 4.78 is 13.4. The molecule has 0 heterocycles. The van der Waals surface area contributed by atoms with Crippen LogP contribution in [0.25, 0.3) is 0 Å². The second kappa shape index (κ2) is 6.00. The van der Waals surface area contributed by atoms with Crippen molar-refractivity contribution < 1.29 is 9.69 Å². The maximum atomic E-state index is 11.7. The monoisotopic (exact) mass is 229 g/mol. The van der Waals surface area contributed by atoms with Gasteiger partial charge in [-0.1, -0.05) is 26.0 Å². The summed E-state index contributed by atoms with van der Waals surface area (Å²) in [5.41, 5.74) is 1.28. The minimum atomic E-state index is -1.02. The maximum Gasteiger partial charge on any atom is 0.127 e. The van der Waals surface area contributed by atoms with Gasteiger partial charge in [0.2, 0.25) is 0 Å². The molecule has 4 heteroatoms. The highest BCUT2D eigenvalue weighted by Crippen LogP contribution is 2.16. The Hall–Kier alpha value is -0.710. The molecule has 1 rings (SSSR count). The fraction of sp³-hybridized carbons (Fsp3) is 0.455. The number of rotatable bonds is 3. The van der Waals surface area contributed by atoms with E-state index < -0.39 is 11.0 Å². The quantitative estimate of drug-likeness (QED) is 0.776. The van der Waals surface area contributed by atoms with Crippen LogP contribution in [0.2, 0.25) is 0 Å². The fourth-order valence-corrected chi connectivity index (χ4v) is 1.97. The van der Waals surface area contributed by atoms with Crippen LogP contribution in [0.15, 0.2) is 29.2 Å². The highest BCUT2D eigenvalue weighted by atomic mass is 32.2. The van der Waals surface area contributed by atoms with Gasteiger partial charge in [0.25, 0.3) is 0 Å². The second-order valence-electron chi connectivity index (χ2n) is 3.79. The average Bonchev–Trinajstić information content (AvgIpc) is 2.16. The molecule has 1 aromatic rings. The number of nitrogens with zero attached hydrogens (tertiary/aromatic N) is 1. The van der Waals surface area contributed by atoms with Gasteiger partial charge in [0.15, 0.2) is 0 Å². The van der Waals surface area contributed by atoms with E-state index in [2.05, 4.69) is 13.8 Å². The van der Waals surface area contributed by atoms with Crippen LogP contribution in [0.1, 0.15) is 25.3 Å². The lowest BCUT2D eigenvalue weighted by Crippen LogP contribution is -2.15. The molecule has 3 nitrogen and oxygen atoms in total. The van der Waals surface area contributed by atoms with Crippen LogP contribution in [-0.4, -0.2) is 28.1 Å². The predicted molar refractivity (Wildman–Crippen MR) is 64.2 cm³/mol. The van der Waals surface area contributed by atoms with E-state index in [1.165, 1.54) is 5.56 Å². The van der Waals surface area contributed by atoms with E-state index in [4.69, 9.17) is 0 Å². The summed E-state index contributed by atoms with van der Waals surface area (Å²) in [5, 5.41) is 0. The minimum Gasteiger partial charge on any atom is -0.412 e. The van der Waals surface area contributed by atoms with Gasteiger partial charge in [-0.25, -0.2) is 8.51 Å². The van der Waals surface area contributed by atoms with Crippen molar-refractivity contribution in [2.24, 2.45) is 0 Å². The van der Waals surface area contributed by atoms with E-state index in [1.54, 1.807) is 4.31 Å². The molecule has 0 fully saturated rings. The number of benzene rings is 1. The Morgan fingerprint density at radius 3 is 1.93 bits per heavy atom. The van der Waals surface area contributed by atoms with Gasteiger partial charge in [-0.15, -0.1) is 0 Å². The third-order valence-corrected chi connectivity index (χ3v) is 3.42. The summed E-state index contributed by atoms with van der Waals surface area (Å²) in [7, 11) is 2.60. The first-order valence-corrected chi connectivity index (χ1v) is 5.82. The molecule has 1 unspecified atom stereocenters. The lowest BCUT2D eigenvalue weighted by molar-refractivity contribution is 0.602. The van der Waals surface area contributed by atoms with Crippen molar-refractivity contribution in [1.29, 1.82) is 0 Å². The third-order valence-electron chi connectivity index (χ3n) is 2.08. The van der Waals surface area contributed by atoms with Crippen molar-refractivity contribution in [3.05, 3.63) is 29.8 Å². The molecule has 2 N–H and O–H groups in total. The standard InChI is InChI=1S/C11H17NOS.H2O/c1-9(2)10-5-7-11(8-6-10)14(13)12(3)4;/h5-9H,1-4H3;1H2. The van der Waals surface area contributed by atoms with E-state index in [0.29, 0.717) is 5.92 Å². The van der Waals surface area contributed by atoms with E-state index in [9.17, 15) is 4.21 Å². The highest BCUT2D eigenvalue weighted by molar-refractivity contribution is 7.82. The molecule has 86 valence electrons. The summed E-state index contributed by atoms with van der Waals surface area (Å²) in [6.07, 6.45) is 0. The van der Waals surface area contributed by atoms with E-state index in [-0.39, 0.29) is 5.48 Å². The zero-order valence-corrected chi connectivity index (χ0v) is 10.5. The van der Waals surface area contributed by atoms with Gasteiger partial charge in [-0.05, 0) is 37.7 Å². The zero-order valence-electron chi connectivity index (χ0n) is 9.65.